The normalized spacial score (nSPS) is 19.8. The molecule has 0 saturated carbocycles. The highest BCUT2D eigenvalue weighted by molar-refractivity contribution is 9.10. The van der Waals surface area contributed by atoms with E-state index in [4.69, 9.17) is 25.8 Å². The average molecular weight is 569 g/mol. The van der Waals surface area contributed by atoms with Gasteiger partial charge in [-0.3, -0.25) is 0 Å². The molecule has 0 saturated heterocycles. The molecule has 36 heavy (non-hydrogen) atoms. The Bertz CT molecular complexity index is 1340. The zero-order valence-corrected chi connectivity index (χ0v) is 22.7. The minimum absolute atomic E-state index is 0.0274. The standard InChI is InChI=1S/C29H27BrClNO4/c1-16-20(29(33)35-3)11-12-23-21-5-4-6-22(21)27(32-26(16)23)18-13-24(30)28(25(14-18)34-2)36-15-17-7-9-19(31)10-8-17/h4-5,7-14,21-22,27,32H,6,15H2,1-3H3/t21-,22+,27-/m1/s1. The van der Waals surface area contributed by atoms with E-state index in [-0.39, 0.29) is 17.9 Å². The van der Waals surface area contributed by atoms with Crippen molar-refractivity contribution in [3.05, 3.63) is 98.0 Å². The predicted molar refractivity (Wildman–Crippen MR) is 145 cm³/mol. The largest absolute Gasteiger partial charge is 0.493 e. The number of carbonyl (C=O) groups is 1. The number of fused-ring (bicyclic) bond motifs is 3. The summed E-state index contributed by atoms with van der Waals surface area (Å²) in [5.41, 5.74) is 5.78. The molecule has 3 atom stereocenters. The molecule has 5 rings (SSSR count). The van der Waals surface area contributed by atoms with Crippen LogP contribution in [0.2, 0.25) is 5.02 Å². The average Bonchev–Trinajstić information content (AvgIpc) is 3.38. The summed E-state index contributed by atoms with van der Waals surface area (Å²) in [6, 6.07) is 15.7. The number of hydrogen-bond acceptors (Lipinski definition) is 5. The van der Waals surface area contributed by atoms with Gasteiger partial charge in [0.15, 0.2) is 11.5 Å². The molecule has 2 aliphatic rings. The summed E-state index contributed by atoms with van der Waals surface area (Å²) in [4.78, 5) is 12.3. The second-order valence-electron chi connectivity index (χ2n) is 9.12. The molecule has 3 aromatic carbocycles. The number of nitrogens with one attached hydrogen (secondary N) is 1. The van der Waals surface area contributed by atoms with E-state index < -0.39 is 0 Å². The third kappa shape index (κ3) is 4.48. The van der Waals surface area contributed by atoms with Crippen LogP contribution in [0.3, 0.4) is 0 Å². The molecule has 0 aromatic heterocycles. The van der Waals surface area contributed by atoms with Crippen molar-refractivity contribution in [2.75, 3.05) is 19.5 Å². The second kappa shape index (κ2) is 10.2. The maximum atomic E-state index is 12.3. The van der Waals surface area contributed by atoms with Crippen molar-refractivity contribution in [2.24, 2.45) is 5.92 Å². The van der Waals surface area contributed by atoms with Crippen molar-refractivity contribution in [3.8, 4) is 11.5 Å². The topological polar surface area (TPSA) is 56.8 Å². The van der Waals surface area contributed by atoms with Gasteiger partial charge >= 0.3 is 5.97 Å². The van der Waals surface area contributed by atoms with Crippen LogP contribution >= 0.6 is 27.5 Å². The number of anilines is 1. The molecule has 1 aliphatic heterocycles. The van der Waals surface area contributed by atoms with Crippen molar-refractivity contribution < 1.29 is 19.0 Å². The first-order valence-corrected chi connectivity index (χ1v) is 13.0. The Kier molecular flexibility index (Phi) is 7.00. The molecule has 1 N–H and O–H groups in total. The van der Waals surface area contributed by atoms with Gasteiger partial charge in [-0.1, -0.05) is 42.0 Å². The maximum Gasteiger partial charge on any atom is 0.338 e. The Morgan fingerprint density at radius 3 is 2.64 bits per heavy atom. The van der Waals surface area contributed by atoms with Gasteiger partial charge in [-0.2, -0.15) is 0 Å². The van der Waals surface area contributed by atoms with Gasteiger partial charge in [0.2, 0.25) is 0 Å². The lowest BCUT2D eigenvalue weighted by Crippen LogP contribution is -2.30. The molecule has 0 unspecified atom stereocenters. The summed E-state index contributed by atoms with van der Waals surface area (Å²) < 4.78 is 17.7. The van der Waals surface area contributed by atoms with Gasteiger partial charge in [0.1, 0.15) is 6.61 Å². The van der Waals surface area contributed by atoms with Gasteiger partial charge in [-0.25, -0.2) is 4.79 Å². The highest BCUT2D eigenvalue weighted by Gasteiger charge is 2.39. The molecule has 0 fully saturated rings. The summed E-state index contributed by atoms with van der Waals surface area (Å²) in [7, 11) is 3.06. The number of carbonyl (C=O) groups excluding carboxylic acids is 1. The van der Waals surface area contributed by atoms with E-state index >= 15 is 0 Å². The highest BCUT2D eigenvalue weighted by Crippen LogP contribution is 2.52. The van der Waals surface area contributed by atoms with Crippen LogP contribution in [-0.2, 0) is 11.3 Å². The van der Waals surface area contributed by atoms with E-state index in [0.29, 0.717) is 34.6 Å². The summed E-state index contributed by atoms with van der Waals surface area (Å²) in [5, 5.41) is 4.45. The highest BCUT2D eigenvalue weighted by atomic mass is 79.9. The smallest absolute Gasteiger partial charge is 0.338 e. The SMILES string of the molecule is COC(=O)c1ccc2c(c1C)N[C@H](c1cc(Br)c(OCc3ccc(Cl)cc3)c(OC)c1)[C@H]1CC=C[C@@H]21. The second-order valence-corrected chi connectivity index (χ2v) is 10.4. The van der Waals surface area contributed by atoms with Crippen molar-refractivity contribution in [1.29, 1.82) is 0 Å². The van der Waals surface area contributed by atoms with Gasteiger partial charge < -0.3 is 19.5 Å². The van der Waals surface area contributed by atoms with Crippen LogP contribution in [-0.4, -0.2) is 20.2 Å². The maximum absolute atomic E-state index is 12.3. The third-order valence-corrected chi connectivity index (χ3v) is 7.95. The zero-order valence-electron chi connectivity index (χ0n) is 20.3. The number of benzene rings is 3. The Hall–Kier alpha value is -2.96. The Morgan fingerprint density at radius 1 is 1.14 bits per heavy atom. The first kappa shape index (κ1) is 24.7. The number of methoxy groups -OCH3 is 2. The molecule has 5 nitrogen and oxygen atoms in total. The first-order chi connectivity index (χ1) is 17.4. The number of halogens is 2. The van der Waals surface area contributed by atoms with Crippen LogP contribution in [0.4, 0.5) is 5.69 Å². The molecule has 3 aromatic rings. The summed E-state index contributed by atoms with van der Waals surface area (Å²) in [6.45, 7) is 2.36. The molecule has 0 bridgehead atoms. The van der Waals surface area contributed by atoms with Crippen LogP contribution < -0.4 is 14.8 Å². The number of esters is 1. The van der Waals surface area contributed by atoms with E-state index in [1.54, 1.807) is 7.11 Å². The lowest BCUT2D eigenvalue weighted by Gasteiger charge is -2.39. The quantitative estimate of drug-likeness (QED) is 0.245. The fourth-order valence-corrected chi connectivity index (χ4v) is 5.97. The Balaban J connectivity index is 1.48. The van der Waals surface area contributed by atoms with Crippen LogP contribution in [0.5, 0.6) is 11.5 Å². The van der Waals surface area contributed by atoms with E-state index in [1.165, 1.54) is 12.7 Å². The number of hydrogen-bond donors (Lipinski definition) is 1. The lowest BCUT2D eigenvalue weighted by atomic mass is 9.76. The Morgan fingerprint density at radius 2 is 1.92 bits per heavy atom. The fourth-order valence-electron chi connectivity index (χ4n) is 5.27. The molecule has 1 aliphatic carbocycles. The molecule has 186 valence electrons. The van der Waals surface area contributed by atoms with Crippen molar-refractivity contribution in [1.82, 2.24) is 0 Å². The third-order valence-electron chi connectivity index (χ3n) is 7.11. The van der Waals surface area contributed by atoms with Gasteiger partial charge in [-0.05, 0) is 87.8 Å². The van der Waals surface area contributed by atoms with Gasteiger partial charge in [0.05, 0.1) is 30.3 Å². The van der Waals surface area contributed by atoms with Gasteiger partial charge in [0.25, 0.3) is 0 Å². The van der Waals surface area contributed by atoms with Crippen molar-refractivity contribution in [3.63, 3.8) is 0 Å². The number of ether oxygens (including phenoxy) is 3. The molecule has 7 heteroatoms. The first-order valence-electron chi connectivity index (χ1n) is 11.8. The summed E-state index contributed by atoms with van der Waals surface area (Å²) in [5.74, 6) is 1.59. The fraction of sp³-hybridized carbons (Fsp3) is 0.276. The molecule has 0 spiro atoms. The molecular formula is C29H27BrClNO4. The van der Waals surface area contributed by atoms with Crippen molar-refractivity contribution >= 4 is 39.2 Å². The lowest BCUT2D eigenvalue weighted by molar-refractivity contribution is 0.0600. The van der Waals surface area contributed by atoms with Crippen molar-refractivity contribution in [2.45, 2.75) is 31.9 Å². The minimum atomic E-state index is -0.329. The van der Waals surface area contributed by atoms with Crippen LogP contribution in [0.15, 0.2) is 65.2 Å². The predicted octanol–water partition coefficient (Wildman–Crippen LogP) is 7.61. The van der Waals surface area contributed by atoms with E-state index in [1.807, 2.05) is 43.3 Å². The summed E-state index contributed by atoms with van der Waals surface area (Å²) >= 11 is 9.72. The van der Waals surface area contributed by atoms with Crippen LogP contribution in [0.25, 0.3) is 0 Å². The zero-order chi connectivity index (χ0) is 25.4. The molecular weight excluding hydrogens is 542 g/mol. The molecule has 1 heterocycles. The summed E-state index contributed by atoms with van der Waals surface area (Å²) in [6.07, 6.45) is 5.50. The van der Waals surface area contributed by atoms with E-state index in [2.05, 4.69) is 45.5 Å². The minimum Gasteiger partial charge on any atom is -0.493 e. The monoisotopic (exact) mass is 567 g/mol. The number of allylic oxidation sites excluding steroid dienone is 2. The molecule has 0 amide bonds. The van der Waals surface area contributed by atoms with E-state index in [0.717, 1.165) is 33.3 Å². The van der Waals surface area contributed by atoms with E-state index in [9.17, 15) is 4.79 Å². The van der Waals surface area contributed by atoms with Crippen LogP contribution in [0.1, 0.15) is 51.0 Å². The van der Waals surface area contributed by atoms with Crippen LogP contribution in [0, 0.1) is 12.8 Å². The Labute approximate surface area is 224 Å². The molecule has 0 radical (unpaired) electrons. The number of rotatable bonds is 6. The van der Waals surface area contributed by atoms with Gasteiger partial charge in [0, 0.05) is 16.6 Å². The van der Waals surface area contributed by atoms with Gasteiger partial charge in [-0.15, -0.1) is 0 Å².